The molecule has 0 radical (unpaired) electrons. The van der Waals surface area contributed by atoms with E-state index in [1.165, 1.54) is 22.3 Å². The summed E-state index contributed by atoms with van der Waals surface area (Å²) < 4.78 is 11.6. The molecule has 0 aliphatic carbocycles. The van der Waals surface area contributed by atoms with Crippen molar-refractivity contribution in [3.05, 3.63) is 65.2 Å². The van der Waals surface area contributed by atoms with Gasteiger partial charge in [0.05, 0.1) is 23.8 Å². The summed E-state index contributed by atoms with van der Waals surface area (Å²) >= 11 is 1.29. The van der Waals surface area contributed by atoms with Crippen LogP contribution in [0.1, 0.15) is 45.2 Å². The van der Waals surface area contributed by atoms with Crippen LogP contribution in [0, 0.1) is 5.41 Å². The quantitative estimate of drug-likeness (QED) is 0.423. The predicted molar refractivity (Wildman–Crippen MR) is 138 cm³/mol. The Labute approximate surface area is 204 Å². The third-order valence-corrected chi connectivity index (χ3v) is 6.12. The first-order valence-corrected chi connectivity index (χ1v) is 12.0. The van der Waals surface area contributed by atoms with Gasteiger partial charge in [0.1, 0.15) is 11.5 Å². The number of nitrogens with zero attached hydrogens (tertiary/aromatic N) is 3. The van der Waals surface area contributed by atoms with Crippen LogP contribution in [0.25, 0.3) is 6.08 Å². The summed E-state index contributed by atoms with van der Waals surface area (Å²) in [5.41, 5.74) is 2.41. The molecule has 0 aromatic heterocycles. The highest BCUT2D eigenvalue weighted by Crippen LogP contribution is 2.28. The van der Waals surface area contributed by atoms with Crippen molar-refractivity contribution in [3.63, 3.8) is 0 Å². The third kappa shape index (κ3) is 5.56. The van der Waals surface area contributed by atoms with Gasteiger partial charge in [0.25, 0.3) is 5.91 Å². The number of hydrazone groups is 1. The number of benzene rings is 2. The molecule has 0 spiro atoms. The van der Waals surface area contributed by atoms with Crippen molar-refractivity contribution in [3.8, 4) is 11.5 Å². The molecule has 176 valence electrons. The van der Waals surface area contributed by atoms with Crippen molar-refractivity contribution in [2.75, 3.05) is 13.2 Å². The summed E-state index contributed by atoms with van der Waals surface area (Å²) in [6.07, 6.45) is 2.41. The van der Waals surface area contributed by atoms with Crippen LogP contribution in [0.3, 0.4) is 0 Å². The fraction of sp³-hybridized carbons (Fsp3) is 0.308. The van der Waals surface area contributed by atoms with Crippen molar-refractivity contribution in [1.82, 2.24) is 5.01 Å². The van der Waals surface area contributed by atoms with Gasteiger partial charge in [-0.05, 0) is 65.6 Å². The zero-order chi connectivity index (χ0) is 24.3. The lowest BCUT2D eigenvalue weighted by Gasteiger charge is -2.20. The lowest BCUT2D eigenvalue weighted by atomic mass is 9.87. The molecule has 8 heteroatoms. The molecule has 0 saturated heterocycles. The Kier molecular flexibility index (Phi) is 6.88. The van der Waals surface area contributed by atoms with Crippen LogP contribution in [0.2, 0.25) is 0 Å². The highest BCUT2D eigenvalue weighted by atomic mass is 32.2. The molecule has 0 unspecified atom stereocenters. The summed E-state index contributed by atoms with van der Waals surface area (Å²) in [7, 11) is 0. The number of hydrogen-bond donors (Lipinski definition) is 1. The van der Waals surface area contributed by atoms with Crippen molar-refractivity contribution in [2.24, 2.45) is 10.1 Å². The maximum Gasteiger partial charge on any atom is 0.283 e. The molecule has 2 aliphatic rings. The Balaban J connectivity index is 1.26. The Bertz CT molecular complexity index is 1180. The number of hydrogen-bond acceptors (Lipinski definition) is 6. The smallest absolute Gasteiger partial charge is 0.283 e. The molecular weight excluding hydrogens is 448 g/mol. The molecule has 2 aromatic rings. The minimum Gasteiger partial charge on any atom is -0.493 e. The molecule has 0 atom stereocenters. The lowest BCUT2D eigenvalue weighted by molar-refractivity contribution is -0.114. The molecule has 2 aliphatic heterocycles. The number of amidine groups is 2. The van der Waals surface area contributed by atoms with Crippen LogP contribution >= 0.6 is 11.8 Å². The van der Waals surface area contributed by atoms with E-state index in [0.29, 0.717) is 18.4 Å². The molecule has 0 bridgehead atoms. The van der Waals surface area contributed by atoms with Crippen LogP contribution < -0.4 is 9.47 Å². The first-order valence-electron chi connectivity index (χ1n) is 11.1. The van der Waals surface area contributed by atoms with E-state index in [-0.39, 0.29) is 16.8 Å². The number of fused-ring (bicyclic) bond motifs is 1. The number of nitrogens with one attached hydrogen (secondary N) is 1. The van der Waals surface area contributed by atoms with Crippen LogP contribution in [-0.2, 0) is 10.2 Å². The number of aliphatic imine (C=N–C) groups is 1. The summed E-state index contributed by atoms with van der Waals surface area (Å²) in [5, 5.41) is 15.1. The van der Waals surface area contributed by atoms with Gasteiger partial charge in [0.2, 0.25) is 5.17 Å². The van der Waals surface area contributed by atoms with E-state index in [4.69, 9.17) is 14.9 Å². The molecule has 0 saturated carbocycles. The number of thioether (sulfide) groups is 1. The second-order valence-corrected chi connectivity index (χ2v) is 10.2. The van der Waals surface area contributed by atoms with E-state index in [9.17, 15) is 4.79 Å². The summed E-state index contributed by atoms with van der Waals surface area (Å²) in [6.45, 7) is 9.50. The monoisotopic (exact) mass is 476 g/mol. The Morgan fingerprint density at radius 3 is 2.18 bits per heavy atom. The van der Waals surface area contributed by atoms with Gasteiger partial charge in [-0.2, -0.15) is 15.1 Å². The minimum absolute atomic E-state index is 0.0349. The molecule has 2 aromatic carbocycles. The minimum atomic E-state index is -0.429. The van der Waals surface area contributed by atoms with Gasteiger partial charge in [-0.15, -0.1) is 0 Å². The van der Waals surface area contributed by atoms with Crippen molar-refractivity contribution in [1.29, 1.82) is 5.41 Å². The molecule has 34 heavy (non-hydrogen) atoms. The number of carbonyl (C=O) groups excluding carboxylic acids is 1. The highest BCUT2D eigenvalue weighted by molar-refractivity contribution is 8.26. The second kappa shape index (κ2) is 9.85. The van der Waals surface area contributed by atoms with E-state index in [2.05, 4.69) is 43.0 Å². The van der Waals surface area contributed by atoms with E-state index in [0.717, 1.165) is 28.5 Å². The van der Waals surface area contributed by atoms with Crippen LogP contribution in [0.4, 0.5) is 0 Å². The molecule has 2 heterocycles. The summed E-state index contributed by atoms with van der Waals surface area (Å²) in [5.74, 6) is 1.20. The Hall–Kier alpha value is -3.39. The van der Waals surface area contributed by atoms with Crippen LogP contribution in [0.5, 0.6) is 11.5 Å². The van der Waals surface area contributed by atoms with Crippen molar-refractivity contribution in [2.45, 2.75) is 39.5 Å². The zero-order valence-electron chi connectivity index (χ0n) is 19.8. The number of rotatable bonds is 7. The Morgan fingerprint density at radius 1 is 1.00 bits per heavy atom. The molecular formula is C26H28N4O3S. The predicted octanol–water partition coefficient (Wildman–Crippen LogP) is 5.47. The fourth-order valence-electron chi connectivity index (χ4n) is 3.40. The van der Waals surface area contributed by atoms with Gasteiger partial charge in [-0.3, -0.25) is 10.2 Å². The van der Waals surface area contributed by atoms with Gasteiger partial charge in [-0.25, -0.2) is 0 Å². The molecule has 4 rings (SSSR count). The summed E-state index contributed by atoms with van der Waals surface area (Å²) in [4.78, 5) is 16.4. The topological polar surface area (TPSA) is 87.3 Å². The number of amides is 1. The average Bonchev–Trinajstić information content (AvgIpc) is 3.17. The SMILES string of the molecule is CC1=NN2C(=N)C(=Cc3ccc(OCCCOc4ccc(C(C)(C)C)cc4)cc3)C(=O)N=C2S1. The maximum absolute atomic E-state index is 12.4. The fourth-order valence-corrected chi connectivity index (χ4v) is 4.14. The van der Waals surface area contributed by atoms with E-state index in [1.807, 2.05) is 43.3 Å². The number of carbonyl (C=O) groups is 1. The molecule has 0 fully saturated rings. The van der Waals surface area contributed by atoms with Gasteiger partial charge in [0.15, 0.2) is 5.84 Å². The number of ether oxygens (including phenoxy) is 2. The van der Waals surface area contributed by atoms with Gasteiger partial charge >= 0.3 is 0 Å². The third-order valence-electron chi connectivity index (χ3n) is 5.29. The summed E-state index contributed by atoms with van der Waals surface area (Å²) in [6, 6.07) is 15.6. The van der Waals surface area contributed by atoms with Crippen molar-refractivity contribution < 1.29 is 14.3 Å². The normalized spacial score (nSPS) is 16.9. The zero-order valence-corrected chi connectivity index (χ0v) is 20.6. The van der Waals surface area contributed by atoms with Gasteiger partial charge in [-0.1, -0.05) is 45.0 Å². The van der Waals surface area contributed by atoms with Crippen LogP contribution in [-0.4, -0.2) is 40.2 Å². The second-order valence-electron chi connectivity index (χ2n) is 9.03. The molecule has 1 N–H and O–H groups in total. The first kappa shape index (κ1) is 23.8. The maximum atomic E-state index is 12.4. The standard InChI is InChI=1S/C26H28N4O3S/c1-17-29-30-23(27)22(24(31)28-25(30)34-17)16-18-6-10-20(11-7-18)32-14-5-15-33-21-12-8-19(9-13-21)26(2,3)4/h6-13,16,27H,5,14-15H2,1-4H3. The van der Waals surface area contributed by atoms with E-state index in [1.54, 1.807) is 6.08 Å². The lowest BCUT2D eigenvalue weighted by Crippen LogP contribution is -2.35. The van der Waals surface area contributed by atoms with Gasteiger partial charge in [0, 0.05) is 6.42 Å². The van der Waals surface area contributed by atoms with Crippen LogP contribution in [0.15, 0.2) is 64.2 Å². The van der Waals surface area contributed by atoms with Gasteiger partial charge < -0.3 is 9.47 Å². The largest absolute Gasteiger partial charge is 0.493 e. The highest BCUT2D eigenvalue weighted by Gasteiger charge is 2.34. The average molecular weight is 477 g/mol. The van der Waals surface area contributed by atoms with Crippen molar-refractivity contribution >= 4 is 39.8 Å². The molecule has 1 amide bonds. The first-order chi connectivity index (χ1) is 16.2. The van der Waals surface area contributed by atoms with E-state index >= 15 is 0 Å². The Morgan fingerprint density at radius 2 is 1.59 bits per heavy atom. The molecule has 7 nitrogen and oxygen atoms in total. The van der Waals surface area contributed by atoms with E-state index < -0.39 is 5.91 Å².